The van der Waals surface area contributed by atoms with Crippen molar-refractivity contribution in [1.29, 1.82) is 0 Å². The molecule has 0 bridgehead atoms. The second kappa shape index (κ2) is 6.45. The summed E-state index contributed by atoms with van der Waals surface area (Å²) in [5.41, 5.74) is 7.89. The van der Waals surface area contributed by atoms with Gasteiger partial charge in [0, 0.05) is 18.8 Å². The molecule has 0 radical (unpaired) electrons. The lowest BCUT2D eigenvalue weighted by Gasteiger charge is -2.28. The van der Waals surface area contributed by atoms with E-state index in [1.165, 1.54) is 39.2 Å². The van der Waals surface area contributed by atoms with Crippen molar-refractivity contribution in [2.75, 3.05) is 30.8 Å². The zero-order valence-electron chi connectivity index (χ0n) is 11.5. The minimum atomic E-state index is -0.315. The van der Waals surface area contributed by atoms with Crippen molar-refractivity contribution in [3.8, 4) is 0 Å². The number of benzene rings is 1. The van der Waals surface area contributed by atoms with Crippen molar-refractivity contribution >= 4 is 17.3 Å². The van der Waals surface area contributed by atoms with Gasteiger partial charge in [-0.1, -0.05) is 19.3 Å². The van der Waals surface area contributed by atoms with Crippen LogP contribution in [0.15, 0.2) is 18.2 Å². The van der Waals surface area contributed by atoms with Crippen LogP contribution in [0.1, 0.15) is 42.5 Å². The first kappa shape index (κ1) is 13.7. The Morgan fingerprint density at radius 1 is 1.16 bits per heavy atom. The second-order valence-corrected chi connectivity index (χ2v) is 5.02. The highest BCUT2D eigenvalue weighted by molar-refractivity contribution is 5.96. The standard InChI is InChI=1S/C15H22N2O2/c1-19-15(18)13-11-12(16)7-8-14(13)17-9-5-3-2-4-6-10-17/h7-8,11H,2-6,9-10,16H2,1H3. The molecule has 0 aliphatic carbocycles. The molecule has 1 saturated heterocycles. The molecule has 1 fully saturated rings. The van der Waals surface area contributed by atoms with E-state index < -0.39 is 0 Å². The summed E-state index contributed by atoms with van der Waals surface area (Å²) in [6.07, 6.45) is 6.19. The molecule has 0 atom stereocenters. The van der Waals surface area contributed by atoms with Gasteiger partial charge in [0.05, 0.1) is 18.4 Å². The topological polar surface area (TPSA) is 55.6 Å². The molecule has 0 saturated carbocycles. The Balaban J connectivity index is 2.28. The maximum Gasteiger partial charge on any atom is 0.340 e. The number of anilines is 2. The molecule has 1 aromatic rings. The van der Waals surface area contributed by atoms with E-state index in [2.05, 4.69) is 4.90 Å². The summed E-state index contributed by atoms with van der Waals surface area (Å²) in [5.74, 6) is -0.315. The molecule has 0 amide bonds. The number of nitrogens with zero attached hydrogens (tertiary/aromatic N) is 1. The van der Waals surface area contributed by atoms with Gasteiger partial charge in [-0.15, -0.1) is 0 Å². The maximum absolute atomic E-state index is 11.9. The van der Waals surface area contributed by atoms with Gasteiger partial charge in [0.2, 0.25) is 0 Å². The second-order valence-electron chi connectivity index (χ2n) is 5.02. The van der Waals surface area contributed by atoms with Gasteiger partial charge in [-0.3, -0.25) is 0 Å². The average Bonchev–Trinajstić information content (AvgIpc) is 2.38. The van der Waals surface area contributed by atoms with Crippen molar-refractivity contribution in [3.05, 3.63) is 23.8 Å². The van der Waals surface area contributed by atoms with Crippen LogP contribution in [0.5, 0.6) is 0 Å². The fourth-order valence-electron chi connectivity index (χ4n) is 2.59. The fourth-order valence-corrected chi connectivity index (χ4v) is 2.59. The molecular formula is C15H22N2O2. The Kier molecular flexibility index (Phi) is 4.66. The molecule has 1 aliphatic heterocycles. The smallest absolute Gasteiger partial charge is 0.340 e. The highest BCUT2D eigenvalue weighted by Crippen LogP contribution is 2.26. The van der Waals surface area contributed by atoms with Gasteiger partial charge < -0.3 is 15.4 Å². The number of methoxy groups -OCH3 is 1. The Morgan fingerprint density at radius 3 is 2.42 bits per heavy atom. The van der Waals surface area contributed by atoms with Crippen LogP contribution >= 0.6 is 0 Å². The summed E-state index contributed by atoms with van der Waals surface area (Å²) in [5, 5.41) is 0. The highest BCUT2D eigenvalue weighted by Gasteiger charge is 2.18. The summed E-state index contributed by atoms with van der Waals surface area (Å²) in [4.78, 5) is 14.2. The van der Waals surface area contributed by atoms with Crippen LogP contribution in [0.3, 0.4) is 0 Å². The molecule has 104 valence electrons. The predicted molar refractivity (Wildman–Crippen MR) is 77.5 cm³/mol. The first-order chi connectivity index (χ1) is 9.22. The summed E-state index contributed by atoms with van der Waals surface area (Å²) in [6, 6.07) is 5.49. The van der Waals surface area contributed by atoms with E-state index in [9.17, 15) is 4.79 Å². The number of rotatable bonds is 2. The number of nitrogens with two attached hydrogens (primary N) is 1. The molecule has 0 unspecified atom stereocenters. The van der Waals surface area contributed by atoms with E-state index in [4.69, 9.17) is 10.5 Å². The van der Waals surface area contributed by atoms with Crippen LogP contribution in [0, 0.1) is 0 Å². The lowest BCUT2D eigenvalue weighted by atomic mass is 10.1. The third-order valence-corrected chi connectivity index (χ3v) is 3.62. The Bertz CT molecular complexity index is 438. The van der Waals surface area contributed by atoms with Crippen LogP contribution in [0.25, 0.3) is 0 Å². The third-order valence-electron chi connectivity index (χ3n) is 3.62. The Hall–Kier alpha value is -1.71. The number of carbonyl (C=O) groups excluding carboxylic acids is 1. The first-order valence-corrected chi connectivity index (χ1v) is 6.95. The molecule has 1 aromatic carbocycles. The Morgan fingerprint density at radius 2 is 1.79 bits per heavy atom. The molecule has 19 heavy (non-hydrogen) atoms. The molecular weight excluding hydrogens is 240 g/mol. The minimum Gasteiger partial charge on any atom is -0.465 e. The van der Waals surface area contributed by atoms with Gasteiger partial charge in [0.15, 0.2) is 0 Å². The average molecular weight is 262 g/mol. The van der Waals surface area contributed by atoms with Gasteiger partial charge in [0.1, 0.15) is 0 Å². The minimum absolute atomic E-state index is 0.315. The molecule has 4 heteroatoms. The largest absolute Gasteiger partial charge is 0.465 e. The van der Waals surface area contributed by atoms with E-state index in [0.29, 0.717) is 11.3 Å². The van der Waals surface area contributed by atoms with Crippen molar-refractivity contribution in [1.82, 2.24) is 0 Å². The lowest BCUT2D eigenvalue weighted by Crippen LogP contribution is -2.28. The molecule has 1 heterocycles. The molecule has 4 nitrogen and oxygen atoms in total. The number of carbonyl (C=O) groups is 1. The maximum atomic E-state index is 11.9. The quantitative estimate of drug-likeness (QED) is 0.657. The number of nitrogen functional groups attached to an aromatic ring is 1. The van der Waals surface area contributed by atoms with E-state index in [1.807, 2.05) is 12.1 Å². The van der Waals surface area contributed by atoms with Gasteiger partial charge in [-0.05, 0) is 31.0 Å². The van der Waals surface area contributed by atoms with Crippen LogP contribution in [0.4, 0.5) is 11.4 Å². The van der Waals surface area contributed by atoms with Gasteiger partial charge in [-0.25, -0.2) is 4.79 Å². The summed E-state index contributed by atoms with van der Waals surface area (Å²) in [7, 11) is 1.41. The Labute approximate surface area is 114 Å². The highest BCUT2D eigenvalue weighted by atomic mass is 16.5. The zero-order chi connectivity index (χ0) is 13.7. The van der Waals surface area contributed by atoms with Gasteiger partial charge in [-0.2, -0.15) is 0 Å². The van der Waals surface area contributed by atoms with Crippen LogP contribution in [0.2, 0.25) is 0 Å². The third kappa shape index (κ3) is 3.40. The van der Waals surface area contributed by atoms with Crippen LogP contribution < -0.4 is 10.6 Å². The van der Waals surface area contributed by atoms with E-state index >= 15 is 0 Å². The number of ether oxygens (including phenoxy) is 1. The SMILES string of the molecule is COC(=O)c1cc(N)ccc1N1CCCCCCC1. The number of hydrogen-bond acceptors (Lipinski definition) is 4. The molecule has 2 N–H and O–H groups in total. The van der Waals surface area contributed by atoms with E-state index in [0.717, 1.165) is 18.8 Å². The summed E-state index contributed by atoms with van der Waals surface area (Å²) in [6.45, 7) is 1.99. The normalized spacial score (nSPS) is 16.6. The van der Waals surface area contributed by atoms with Gasteiger partial charge in [0.25, 0.3) is 0 Å². The molecule has 1 aliphatic rings. The molecule has 2 rings (SSSR count). The van der Waals surface area contributed by atoms with Crippen LogP contribution in [-0.2, 0) is 4.74 Å². The number of esters is 1. The number of hydrogen-bond donors (Lipinski definition) is 1. The monoisotopic (exact) mass is 262 g/mol. The zero-order valence-corrected chi connectivity index (χ0v) is 11.5. The summed E-state index contributed by atoms with van der Waals surface area (Å²) >= 11 is 0. The van der Waals surface area contributed by atoms with Gasteiger partial charge >= 0.3 is 5.97 Å². The molecule has 0 spiro atoms. The summed E-state index contributed by atoms with van der Waals surface area (Å²) < 4.78 is 4.86. The first-order valence-electron chi connectivity index (χ1n) is 6.95. The van der Waals surface area contributed by atoms with Crippen molar-refractivity contribution in [3.63, 3.8) is 0 Å². The predicted octanol–water partition coefficient (Wildman–Crippen LogP) is 2.83. The van der Waals surface area contributed by atoms with E-state index in [1.54, 1.807) is 6.07 Å². The van der Waals surface area contributed by atoms with Crippen LogP contribution in [-0.4, -0.2) is 26.2 Å². The van der Waals surface area contributed by atoms with Crippen molar-refractivity contribution < 1.29 is 9.53 Å². The van der Waals surface area contributed by atoms with Crippen molar-refractivity contribution in [2.45, 2.75) is 32.1 Å². The van der Waals surface area contributed by atoms with E-state index in [-0.39, 0.29) is 5.97 Å². The lowest BCUT2D eigenvalue weighted by molar-refractivity contribution is 0.0601. The fraction of sp³-hybridized carbons (Fsp3) is 0.533. The molecule has 0 aromatic heterocycles. The van der Waals surface area contributed by atoms with Crippen molar-refractivity contribution in [2.24, 2.45) is 0 Å².